The Morgan fingerprint density at radius 3 is 2.66 bits per heavy atom. The van der Waals surface area contributed by atoms with Gasteiger partial charge in [0.2, 0.25) is 5.91 Å². The van der Waals surface area contributed by atoms with Crippen LogP contribution in [0.5, 0.6) is 0 Å². The number of methoxy groups -OCH3 is 1. The van der Waals surface area contributed by atoms with Crippen LogP contribution in [0.1, 0.15) is 29.6 Å². The highest BCUT2D eigenvalue weighted by Crippen LogP contribution is 2.33. The largest absolute Gasteiger partial charge is 0.392 e. The third-order valence-electron chi connectivity index (χ3n) is 5.96. The van der Waals surface area contributed by atoms with Crippen molar-refractivity contribution < 1.29 is 18.5 Å². The summed E-state index contributed by atoms with van der Waals surface area (Å²) >= 11 is 0. The fraction of sp³-hybridized carbons (Fsp3) is 0.400. The zero-order chi connectivity index (χ0) is 25.2. The van der Waals surface area contributed by atoms with E-state index in [9.17, 15) is 13.8 Å². The van der Waals surface area contributed by atoms with Crippen LogP contribution in [-0.4, -0.2) is 67.8 Å². The summed E-state index contributed by atoms with van der Waals surface area (Å²) in [5.74, 6) is -0.283. The molecule has 10 heteroatoms. The molecular weight excluding hydrogens is 466 g/mol. The summed E-state index contributed by atoms with van der Waals surface area (Å²) in [6.45, 7) is 5.86. The molecule has 1 heterocycles. The van der Waals surface area contributed by atoms with Crippen molar-refractivity contribution in [2.75, 3.05) is 51.0 Å². The van der Waals surface area contributed by atoms with Crippen LogP contribution in [0.3, 0.4) is 0 Å². The predicted molar refractivity (Wildman–Crippen MR) is 142 cm³/mol. The molecule has 1 amide bonds. The number of nitrogens with zero attached hydrogens (tertiary/aromatic N) is 2. The fourth-order valence-corrected chi connectivity index (χ4v) is 5.29. The van der Waals surface area contributed by atoms with Gasteiger partial charge in [0, 0.05) is 80.2 Å². The van der Waals surface area contributed by atoms with E-state index in [-0.39, 0.29) is 11.8 Å². The average molecular weight is 500 g/mol. The molecule has 0 saturated carbocycles. The minimum Gasteiger partial charge on any atom is -0.392 e. The molecule has 188 valence electrons. The fourth-order valence-electron chi connectivity index (χ4n) is 4.15. The van der Waals surface area contributed by atoms with Crippen LogP contribution in [0.15, 0.2) is 46.6 Å². The van der Waals surface area contributed by atoms with Crippen molar-refractivity contribution in [3.05, 3.63) is 47.1 Å². The second kappa shape index (κ2) is 13.1. The third kappa shape index (κ3) is 6.53. The first-order valence-corrected chi connectivity index (χ1v) is 12.7. The summed E-state index contributed by atoms with van der Waals surface area (Å²) < 4.78 is 19.6. The van der Waals surface area contributed by atoms with Crippen molar-refractivity contribution in [3.8, 4) is 0 Å². The molecule has 0 spiro atoms. The lowest BCUT2D eigenvalue weighted by Gasteiger charge is -2.30. The predicted octanol–water partition coefficient (Wildman–Crippen LogP) is 3.13. The number of hydrogen-bond acceptors (Lipinski definition) is 7. The van der Waals surface area contributed by atoms with Gasteiger partial charge >= 0.3 is 0 Å². The lowest BCUT2D eigenvalue weighted by atomic mass is 9.96. The molecule has 1 aliphatic rings. The zero-order valence-electron chi connectivity index (χ0n) is 20.2. The highest BCUT2D eigenvalue weighted by Gasteiger charge is 2.29. The van der Waals surface area contributed by atoms with Crippen LogP contribution in [0, 0.1) is 5.92 Å². The Balaban J connectivity index is 1.72. The van der Waals surface area contributed by atoms with Crippen LogP contribution in [-0.2, 0) is 20.5 Å². The number of nitrogens with one attached hydrogen (secondary N) is 3. The topological polar surface area (TPSA) is 112 Å². The van der Waals surface area contributed by atoms with Crippen molar-refractivity contribution in [2.45, 2.75) is 19.3 Å². The molecule has 3 rings (SSSR count). The molecular formula is C25H33N5O4S. The first-order chi connectivity index (χ1) is 17.0. The number of carbonyl (C=O) groups excluding carboxylic acids is 2. The summed E-state index contributed by atoms with van der Waals surface area (Å²) in [5, 5.41) is 11.2. The van der Waals surface area contributed by atoms with E-state index in [2.05, 4.69) is 27.7 Å². The first-order valence-electron chi connectivity index (χ1n) is 11.6. The van der Waals surface area contributed by atoms with Crippen LogP contribution >= 0.6 is 0 Å². The zero-order valence-corrected chi connectivity index (χ0v) is 21.0. The van der Waals surface area contributed by atoms with Crippen molar-refractivity contribution in [2.24, 2.45) is 10.9 Å². The maximum Gasteiger partial charge on any atom is 0.227 e. The lowest BCUT2D eigenvalue weighted by molar-refractivity contribution is -0.120. The summed E-state index contributed by atoms with van der Waals surface area (Å²) in [4.78, 5) is 28.7. The molecule has 2 aromatic rings. The van der Waals surface area contributed by atoms with Crippen molar-refractivity contribution in [1.82, 2.24) is 9.62 Å². The molecule has 1 aliphatic heterocycles. The molecule has 1 atom stereocenters. The van der Waals surface area contributed by atoms with Crippen LogP contribution in [0.25, 0.3) is 10.8 Å². The van der Waals surface area contributed by atoms with Crippen molar-refractivity contribution in [1.29, 1.82) is 0 Å². The third-order valence-corrected chi connectivity index (χ3v) is 7.40. The van der Waals surface area contributed by atoms with Gasteiger partial charge < -0.3 is 20.7 Å². The molecule has 3 N–H and O–H groups in total. The number of amides is 1. The Kier molecular flexibility index (Phi) is 9.95. The number of fused-ring (bicyclic) bond motifs is 1. The Morgan fingerprint density at radius 1 is 1.26 bits per heavy atom. The van der Waals surface area contributed by atoms with Gasteiger partial charge in [0.05, 0.1) is 0 Å². The molecule has 0 radical (unpaired) electrons. The molecule has 1 saturated heterocycles. The number of rotatable bonds is 12. The number of aliphatic imine (C=N–C) groups is 1. The Morgan fingerprint density at radius 2 is 2.00 bits per heavy atom. The molecule has 0 aromatic heterocycles. The summed E-state index contributed by atoms with van der Waals surface area (Å²) in [6.07, 6.45) is 4.39. The number of aldehydes is 1. The summed E-state index contributed by atoms with van der Waals surface area (Å²) in [6, 6.07) is 9.24. The second-order valence-electron chi connectivity index (χ2n) is 8.19. The normalized spacial score (nSPS) is 16.0. The van der Waals surface area contributed by atoms with Gasteiger partial charge in [-0.3, -0.25) is 14.6 Å². The summed E-state index contributed by atoms with van der Waals surface area (Å²) in [5.41, 5.74) is 2.07. The van der Waals surface area contributed by atoms with Gasteiger partial charge in [0.15, 0.2) is 11.3 Å². The van der Waals surface area contributed by atoms with Gasteiger partial charge in [-0.15, -0.1) is 0 Å². The van der Waals surface area contributed by atoms with Crippen molar-refractivity contribution >= 4 is 52.0 Å². The van der Waals surface area contributed by atoms with Gasteiger partial charge in [0.1, 0.15) is 11.0 Å². The monoisotopic (exact) mass is 499 g/mol. The maximum atomic E-state index is 13.1. The molecule has 0 bridgehead atoms. The smallest absolute Gasteiger partial charge is 0.227 e. The quantitative estimate of drug-likeness (QED) is 0.235. The highest BCUT2D eigenvalue weighted by molar-refractivity contribution is 7.86. The van der Waals surface area contributed by atoms with E-state index >= 15 is 0 Å². The van der Waals surface area contributed by atoms with E-state index in [4.69, 9.17) is 4.74 Å². The van der Waals surface area contributed by atoms with E-state index in [0.29, 0.717) is 55.4 Å². The van der Waals surface area contributed by atoms with Gasteiger partial charge in [0.25, 0.3) is 0 Å². The van der Waals surface area contributed by atoms with Crippen LogP contribution < -0.4 is 16.0 Å². The number of anilines is 2. The highest BCUT2D eigenvalue weighted by atomic mass is 32.2. The number of piperidine rings is 1. The number of hydrogen-bond donors (Lipinski definition) is 3. The standard InChI is InChI=1S/C25H33N5O4S/c1-26-16-23(27-2)35(33)30-13-10-18(11-14-30)25(32)29-21-8-9-22(28-12-5-15-34-3)24-19(17-31)6-4-7-20(21)24/h4,6-9,16-18,26,28H,2,5,10-15H2,1,3H3,(H,29,32)/b23-16+. The minimum absolute atomic E-state index is 0.0816. The molecule has 0 aliphatic carbocycles. The van der Waals surface area contributed by atoms with Crippen molar-refractivity contribution in [3.63, 3.8) is 0 Å². The number of carbonyl (C=O) groups is 2. The van der Waals surface area contributed by atoms with Gasteiger partial charge in [-0.25, -0.2) is 8.51 Å². The van der Waals surface area contributed by atoms with E-state index in [1.807, 2.05) is 24.3 Å². The Hall–Kier alpha value is -3.08. The van der Waals surface area contributed by atoms with E-state index in [1.54, 1.807) is 30.7 Å². The Labute approximate surface area is 208 Å². The summed E-state index contributed by atoms with van der Waals surface area (Å²) in [7, 11) is 1.96. The second-order valence-corrected chi connectivity index (χ2v) is 9.63. The average Bonchev–Trinajstić information content (AvgIpc) is 2.90. The van der Waals surface area contributed by atoms with E-state index in [0.717, 1.165) is 29.2 Å². The lowest BCUT2D eigenvalue weighted by Crippen LogP contribution is -2.39. The maximum absolute atomic E-state index is 13.1. The van der Waals surface area contributed by atoms with Gasteiger partial charge in [-0.2, -0.15) is 0 Å². The molecule has 2 aromatic carbocycles. The molecule has 9 nitrogen and oxygen atoms in total. The van der Waals surface area contributed by atoms with Crippen LogP contribution in [0.4, 0.5) is 11.4 Å². The van der Waals surface area contributed by atoms with E-state index in [1.165, 1.54) is 0 Å². The molecule has 1 fully saturated rings. The first kappa shape index (κ1) is 26.5. The minimum atomic E-state index is -1.42. The van der Waals surface area contributed by atoms with E-state index < -0.39 is 11.0 Å². The number of benzene rings is 2. The van der Waals surface area contributed by atoms with Crippen LogP contribution in [0.2, 0.25) is 0 Å². The molecule has 35 heavy (non-hydrogen) atoms. The van der Waals surface area contributed by atoms with Gasteiger partial charge in [-0.05, 0) is 38.1 Å². The number of ether oxygens (including phenoxy) is 1. The molecule has 1 unspecified atom stereocenters. The Bertz CT molecular complexity index is 1110. The SMILES string of the molecule is C=N/C(=C\NC)S(=O)N1CCC(C(=O)Nc2ccc(NCCCOC)c3c(C=O)cccc23)CC1. The van der Waals surface area contributed by atoms with Gasteiger partial charge in [-0.1, -0.05) is 18.2 Å².